The Morgan fingerprint density at radius 1 is 1.09 bits per heavy atom. The van der Waals surface area contributed by atoms with Crippen molar-refractivity contribution < 1.29 is 29.3 Å². The molecule has 2 aliphatic carbocycles. The first-order chi connectivity index (χ1) is 10.9. The van der Waals surface area contributed by atoms with E-state index in [-0.39, 0.29) is 46.3 Å². The largest absolute Gasteiger partial charge is 0.504 e. The number of ketones is 2. The summed E-state index contributed by atoms with van der Waals surface area (Å²) in [5.41, 5.74) is 0.753. The van der Waals surface area contributed by atoms with E-state index in [9.17, 15) is 19.8 Å². The van der Waals surface area contributed by atoms with E-state index >= 15 is 0 Å². The van der Waals surface area contributed by atoms with E-state index in [0.29, 0.717) is 12.0 Å². The Labute approximate surface area is 133 Å². The Kier molecular flexibility index (Phi) is 3.64. The molecule has 0 amide bonds. The van der Waals surface area contributed by atoms with Gasteiger partial charge in [-0.1, -0.05) is 6.92 Å². The van der Waals surface area contributed by atoms with Crippen molar-refractivity contribution in [1.82, 2.24) is 0 Å². The summed E-state index contributed by atoms with van der Waals surface area (Å²) in [6.45, 7) is 1.84. The van der Waals surface area contributed by atoms with Gasteiger partial charge in [-0.3, -0.25) is 9.59 Å². The predicted octanol–water partition coefficient (Wildman–Crippen LogP) is 1.88. The van der Waals surface area contributed by atoms with E-state index in [0.717, 1.165) is 0 Å². The predicted molar refractivity (Wildman–Crippen MR) is 81.3 cm³/mol. The van der Waals surface area contributed by atoms with Crippen LogP contribution in [0.3, 0.4) is 0 Å². The summed E-state index contributed by atoms with van der Waals surface area (Å²) in [6, 6.07) is 1.42. The topological polar surface area (TPSA) is 93.1 Å². The van der Waals surface area contributed by atoms with Gasteiger partial charge in [-0.2, -0.15) is 0 Å². The number of carbonyl (C=O) groups excluding carboxylic acids is 2. The third-order valence-corrected chi connectivity index (χ3v) is 4.62. The van der Waals surface area contributed by atoms with Gasteiger partial charge in [-0.15, -0.1) is 0 Å². The monoisotopic (exact) mass is 318 g/mol. The lowest BCUT2D eigenvalue weighted by Crippen LogP contribution is -2.33. The molecule has 0 bridgehead atoms. The van der Waals surface area contributed by atoms with Gasteiger partial charge in [0.1, 0.15) is 0 Å². The van der Waals surface area contributed by atoms with Crippen LogP contribution in [0.25, 0.3) is 0 Å². The Morgan fingerprint density at radius 3 is 2.35 bits per heavy atom. The number of fused-ring (bicyclic) bond motifs is 1. The number of ether oxygens (including phenoxy) is 2. The lowest BCUT2D eigenvalue weighted by atomic mass is 9.73. The van der Waals surface area contributed by atoms with Gasteiger partial charge in [0.15, 0.2) is 23.1 Å². The number of Topliss-reactive ketones (excluding diaryl/α,β-unsaturated/α-hetero) is 2. The number of aromatic hydroxyl groups is 1. The van der Waals surface area contributed by atoms with E-state index in [1.54, 1.807) is 0 Å². The van der Waals surface area contributed by atoms with Crippen LogP contribution >= 0.6 is 0 Å². The molecule has 3 rings (SSSR count). The average molecular weight is 318 g/mol. The molecule has 1 aromatic rings. The lowest BCUT2D eigenvalue weighted by Gasteiger charge is -2.31. The number of phenols is 1. The van der Waals surface area contributed by atoms with Gasteiger partial charge >= 0.3 is 0 Å². The molecule has 23 heavy (non-hydrogen) atoms. The first kappa shape index (κ1) is 15.6. The van der Waals surface area contributed by atoms with Crippen molar-refractivity contribution in [2.24, 2.45) is 5.92 Å². The Bertz CT molecular complexity index is 746. The molecule has 0 fully saturated rings. The SMILES string of the molecule is COc1cc2c(c(O)c1OC)C(=O)C1=C(CC(C)C(O)C1)C2=O. The van der Waals surface area contributed by atoms with Crippen molar-refractivity contribution in [1.29, 1.82) is 0 Å². The van der Waals surface area contributed by atoms with Crippen molar-refractivity contribution in [3.8, 4) is 17.2 Å². The molecule has 0 saturated heterocycles. The van der Waals surface area contributed by atoms with Crippen molar-refractivity contribution >= 4 is 11.6 Å². The fourth-order valence-electron chi connectivity index (χ4n) is 3.27. The maximum absolute atomic E-state index is 12.8. The number of aliphatic hydroxyl groups excluding tert-OH is 1. The number of benzene rings is 1. The number of aliphatic hydroxyl groups is 1. The van der Waals surface area contributed by atoms with Crippen LogP contribution in [0.5, 0.6) is 17.2 Å². The second-order valence-corrected chi connectivity index (χ2v) is 5.95. The van der Waals surface area contributed by atoms with Crippen molar-refractivity contribution in [3.05, 3.63) is 28.3 Å². The summed E-state index contributed by atoms with van der Waals surface area (Å²) in [7, 11) is 2.73. The molecule has 0 aromatic heterocycles. The fourth-order valence-corrected chi connectivity index (χ4v) is 3.27. The summed E-state index contributed by atoms with van der Waals surface area (Å²) in [5, 5.41) is 20.4. The molecule has 2 N–H and O–H groups in total. The number of carbonyl (C=O) groups is 2. The van der Waals surface area contributed by atoms with Crippen molar-refractivity contribution in [2.75, 3.05) is 14.2 Å². The van der Waals surface area contributed by atoms with Gasteiger partial charge in [0.25, 0.3) is 0 Å². The number of rotatable bonds is 2. The lowest BCUT2D eigenvalue weighted by molar-refractivity contribution is 0.0845. The minimum Gasteiger partial charge on any atom is -0.504 e. The Balaban J connectivity index is 2.23. The van der Waals surface area contributed by atoms with Crippen LogP contribution in [0, 0.1) is 5.92 Å². The molecule has 0 saturated carbocycles. The fraction of sp³-hybridized carbons (Fsp3) is 0.412. The molecule has 0 spiro atoms. The molecule has 2 unspecified atom stereocenters. The first-order valence-corrected chi connectivity index (χ1v) is 7.38. The molecule has 0 radical (unpaired) electrons. The van der Waals surface area contributed by atoms with E-state index in [1.807, 2.05) is 6.92 Å². The Morgan fingerprint density at radius 2 is 1.74 bits per heavy atom. The molecule has 2 atom stereocenters. The molecule has 6 heteroatoms. The third kappa shape index (κ3) is 2.13. The van der Waals surface area contributed by atoms with Crippen LogP contribution in [-0.4, -0.2) is 42.1 Å². The number of methoxy groups -OCH3 is 2. The molecule has 6 nitrogen and oxygen atoms in total. The second kappa shape index (κ2) is 5.38. The number of hydrogen-bond donors (Lipinski definition) is 2. The van der Waals surface area contributed by atoms with Crippen LogP contribution in [0.4, 0.5) is 0 Å². The van der Waals surface area contributed by atoms with Gasteiger partial charge in [-0.25, -0.2) is 0 Å². The minimum absolute atomic E-state index is 0.0150. The van der Waals surface area contributed by atoms with Crippen LogP contribution in [-0.2, 0) is 0 Å². The Hall–Kier alpha value is -2.34. The minimum atomic E-state index is -0.672. The van der Waals surface area contributed by atoms with E-state index in [4.69, 9.17) is 9.47 Å². The van der Waals surface area contributed by atoms with Gasteiger partial charge in [0.05, 0.1) is 25.9 Å². The molecular weight excluding hydrogens is 300 g/mol. The summed E-state index contributed by atoms with van der Waals surface area (Å²) in [4.78, 5) is 25.5. The zero-order valence-corrected chi connectivity index (χ0v) is 13.2. The summed E-state index contributed by atoms with van der Waals surface area (Å²) >= 11 is 0. The molecule has 0 aliphatic heterocycles. The summed E-state index contributed by atoms with van der Waals surface area (Å²) < 4.78 is 10.2. The average Bonchev–Trinajstić information content (AvgIpc) is 2.53. The number of hydrogen-bond acceptors (Lipinski definition) is 6. The van der Waals surface area contributed by atoms with Crippen LogP contribution in [0.15, 0.2) is 17.2 Å². The molecule has 122 valence electrons. The summed E-state index contributed by atoms with van der Waals surface area (Å²) in [5.74, 6) is -1.02. The van der Waals surface area contributed by atoms with Crippen molar-refractivity contribution in [2.45, 2.75) is 25.9 Å². The van der Waals surface area contributed by atoms with Gasteiger partial charge in [0.2, 0.25) is 5.75 Å². The maximum atomic E-state index is 12.8. The second-order valence-electron chi connectivity index (χ2n) is 5.95. The zero-order chi connectivity index (χ0) is 16.9. The van der Waals surface area contributed by atoms with Crippen molar-refractivity contribution in [3.63, 3.8) is 0 Å². The quantitative estimate of drug-likeness (QED) is 0.865. The molecule has 0 heterocycles. The highest BCUT2D eigenvalue weighted by atomic mass is 16.5. The normalized spacial score (nSPS) is 23.5. The highest BCUT2D eigenvalue weighted by molar-refractivity contribution is 6.28. The standard InChI is InChI=1S/C17H18O6/c1-7-4-8-9(5-11(7)18)15(20)13-10(14(8)19)6-12(22-2)17(23-3)16(13)21/h6-7,11,18,21H,4-5H2,1-3H3. The van der Waals surface area contributed by atoms with E-state index < -0.39 is 17.6 Å². The smallest absolute Gasteiger partial charge is 0.203 e. The first-order valence-electron chi connectivity index (χ1n) is 7.38. The number of allylic oxidation sites excluding steroid dienone is 1. The highest BCUT2D eigenvalue weighted by Crippen LogP contribution is 2.47. The van der Waals surface area contributed by atoms with E-state index in [1.165, 1.54) is 20.3 Å². The van der Waals surface area contributed by atoms with Crippen LogP contribution in [0.1, 0.15) is 40.5 Å². The van der Waals surface area contributed by atoms with Gasteiger partial charge < -0.3 is 19.7 Å². The zero-order valence-electron chi connectivity index (χ0n) is 13.2. The van der Waals surface area contributed by atoms with Crippen LogP contribution in [0.2, 0.25) is 0 Å². The third-order valence-electron chi connectivity index (χ3n) is 4.62. The maximum Gasteiger partial charge on any atom is 0.203 e. The molecule has 2 aliphatic rings. The highest BCUT2D eigenvalue weighted by Gasteiger charge is 2.40. The van der Waals surface area contributed by atoms with Gasteiger partial charge in [0, 0.05) is 23.1 Å². The summed E-state index contributed by atoms with van der Waals surface area (Å²) in [6.07, 6.45) is -0.210. The van der Waals surface area contributed by atoms with E-state index in [2.05, 4.69) is 0 Å². The van der Waals surface area contributed by atoms with Gasteiger partial charge in [-0.05, 0) is 18.4 Å². The van der Waals surface area contributed by atoms with Crippen LogP contribution < -0.4 is 9.47 Å². The number of phenolic OH excluding ortho intramolecular Hbond substituents is 1. The molecular formula is C17H18O6. The molecule has 1 aromatic carbocycles.